The molecule has 1 aromatic carbocycles. The topological polar surface area (TPSA) is 50.2 Å². The monoisotopic (exact) mass is 352 g/mol. The molecule has 0 radical (unpaired) electrons. The Morgan fingerprint density at radius 2 is 1.84 bits per heavy atom. The molecule has 1 aliphatic heterocycles. The lowest BCUT2D eigenvalue weighted by atomic mass is 10.1. The number of rotatable bonds is 6. The zero-order valence-electron chi connectivity index (χ0n) is 13.5. The Bertz CT molecular complexity index is 711. The second kappa shape index (κ2) is 7.69. The van der Waals surface area contributed by atoms with E-state index < -0.39 is 12.5 Å². The lowest BCUT2D eigenvalue weighted by Gasteiger charge is -2.28. The highest BCUT2D eigenvalue weighted by Crippen LogP contribution is 2.25. The van der Waals surface area contributed by atoms with Crippen molar-refractivity contribution in [1.82, 2.24) is 20.0 Å². The molecule has 1 fully saturated rings. The molecule has 3 rings (SSSR count). The van der Waals surface area contributed by atoms with E-state index in [-0.39, 0.29) is 17.6 Å². The number of carbonyl (C=O) groups is 1. The van der Waals surface area contributed by atoms with Gasteiger partial charge in [-0.1, -0.05) is 12.1 Å². The van der Waals surface area contributed by atoms with Crippen LogP contribution >= 0.6 is 0 Å². The van der Waals surface area contributed by atoms with Gasteiger partial charge in [0.15, 0.2) is 0 Å². The van der Waals surface area contributed by atoms with Gasteiger partial charge in [-0.05, 0) is 49.7 Å². The second-order valence-corrected chi connectivity index (χ2v) is 5.98. The van der Waals surface area contributed by atoms with E-state index in [1.165, 1.54) is 18.2 Å². The number of aromatic nitrogens is 2. The van der Waals surface area contributed by atoms with Gasteiger partial charge in [0, 0.05) is 12.7 Å². The van der Waals surface area contributed by atoms with Gasteiger partial charge in [0.05, 0.1) is 6.04 Å². The Morgan fingerprint density at radius 3 is 2.44 bits per heavy atom. The lowest BCUT2D eigenvalue weighted by Crippen LogP contribution is -2.37. The molecule has 0 aliphatic carbocycles. The summed E-state index contributed by atoms with van der Waals surface area (Å²) in [5.74, 6) is -0.823. The zero-order valence-corrected chi connectivity index (χ0v) is 13.5. The van der Waals surface area contributed by atoms with Crippen molar-refractivity contribution >= 4 is 5.91 Å². The Hall–Kier alpha value is -2.35. The molecule has 1 saturated heterocycles. The summed E-state index contributed by atoms with van der Waals surface area (Å²) in [4.78, 5) is 14.4. The number of amides is 1. The smallest absolute Gasteiger partial charge is 0.333 e. The molecule has 1 aromatic heterocycles. The fourth-order valence-corrected chi connectivity index (χ4v) is 3.04. The zero-order chi connectivity index (χ0) is 17.8. The molecule has 5 nitrogen and oxygen atoms in total. The second-order valence-electron chi connectivity index (χ2n) is 5.98. The summed E-state index contributed by atoms with van der Waals surface area (Å²) in [6.07, 6.45) is 3.21. The molecule has 1 unspecified atom stereocenters. The summed E-state index contributed by atoms with van der Waals surface area (Å²) in [5, 5.41) is 6.31. The van der Waals surface area contributed by atoms with Gasteiger partial charge in [0.25, 0.3) is 5.91 Å². The van der Waals surface area contributed by atoms with E-state index in [2.05, 4.69) is 15.3 Å². The van der Waals surface area contributed by atoms with E-state index in [4.69, 9.17) is 0 Å². The van der Waals surface area contributed by atoms with Gasteiger partial charge in [0.2, 0.25) is 0 Å². The number of hydrogen-bond acceptors (Lipinski definition) is 3. The van der Waals surface area contributed by atoms with Crippen molar-refractivity contribution in [3.8, 4) is 0 Å². The van der Waals surface area contributed by atoms with Gasteiger partial charge >= 0.3 is 6.55 Å². The van der Waals surface area contributed by atoms with Crippen LogP contribution in [0.4, 0.5) is 13.2 Å². The van der Waals surface area contributed by atoms with Crippen LogP contribution in [0, 0.1) is 5.82 Å². The average Bonchev–Trinajstić information content (AvgIpc) is 3.28. The molecule has 134 valence electrons. The van der Waals surface area contributed by atoms with Crippen LogP contribution in [0.1, 0.15) is 41.5 Å². The number of likely N-dealkylation sites (tertiary alicyclic amines) is 1. The number of alkyl halides is 2. The minimum Gasteiger partial charge on any atom is -0.349 e. The largest absolute Gasteiger partial charge is 0.349 e. The maximum atomic E-state index is 13.2. The maximum absolute atomic E-state index is 13.2. The molecule has 0 saturated carbocycles. The van der Waals surface area contributed by atoms with Crippen LogP contribution in [0.3, 0.4) is 0 Å². The highest BCUT2D eigenvalue weighted by molar-refractivity contribution is 5.92. The molecule has 1 aliphatic rings. The summed E-state index contributed by atoms with van der Waals surface area (Å²) in [7, 11) is 0. The Morgan fingerprint density at radius 1 is 1.16 bits per heavy atom. The van der Waals surface area contributed by atoms with Crippen molar-refractivity contribution < 1.29 is 18.0 Å². The molecule has 8 heteroatoms. The first-order chi connectivity index (χ1) is 12.0. The number of halogens is 3. The Kier molecular flexibility index (Phi) is 5.37. The van der Waals surface area contributed by atoms with Gasteiger partial charge in [-0.3, -0.25) is 9.69 Å². The highest BCUT2D eigenvalue weighted by atomic mass is 19.3. The van der Waals surface area contributed by atoms with Gasteiger partial charge < -0.3 is 5.32 Å². The van der Waals surface area contributed by atoms with E-state index in [1.807, 2.05) is 0 Å². The SMILES string of the molecule is O=C(NCC(c1ccc(F)cc1)N1CCCC1)c1ccn(C(F)F)n1. The molecule has 1 atom stereocenters. The summed E-state index contributed by atoms with van der Waals surface area (Å²) in [6.45, 7) is -0.680. The summed E-state index contributed by atoms with van der Waals surface area (Å²) >= 11 is 0. The van der Waals surface area contributed by atoms with Crippen LogP contribution in [0.5, 0.6) is 0 Å². The van der Waals surface area contributed by atoms with Gasteiger partial charge in [-0.25, -0.2) is 9.07 Å². The minimum atomic E-state index is -2.78. The number of hydrogen-bond donors (Lipinski definition) is 1. The molecule has 2 heterocycles. The molecule has 25 heavy (non-hydrogen) atoms. The fourth-order valence-electron chi connectivity index (χ4n) is 3.04. The van der Waals surface area contributed by atoms with E-state index in [0.717, 1.165) is 37.7 Å². The molecule has 2 aromatic rings. The summed E-state index contributed by atoms with van der Waals surface area (Å²) in [6, 6.07) is 7.36. The maximum Gasteiger partial charge on any atom is 0.333 e. The van der Waals surface area contributed by atoms with Crippen molar-refractivity contribution in [2.24, 2.45) is 0 Å². The molecule has 0 bridgehead atoms. The quantitative estimate of drug-likeness (QED) is 0.870. The first-order valence-electron chi connectivity index (χ1n) is 8.15. The normalized spacial score (nSPS) is 16.3. The lowest BCUT2D eigenvalue weighted by molar-refractivity contribution is 0.0559. The van der Waals surface area contributed by atoms with Crippen LogP contribution in [0.25, 0.3) is 0 Å². The predicted molar refractivity (Wildman–Crippen MR) is 85.8 cm³/mol. The van der Waals surface area contributed by atoms with Crippen LogP contribution in [-0.4, -0.2) is 40.2 Å². The fraction of sp³-hybridized carbons (Fsp3) is 0.412. The van der Waals surface area contributed by atoms with E-state index in [9.17, 15) is 18.0 Å². The van der Waals surface area contributed by atoms with Crippen LogP contribution in [0.2, 0.25) is 0 Å². The number of benzene rings is 1. The first-order valence-corrected chi connectivity index (χ1v) is 8.15. The third-order valence-corrected chi connectivity index (χ3v) is 4.33. The number of nitrogens with one attached hydrogen (secondary N) is 1. The third-order valence-electron chi connectivity index (χ3n) is 4.33. The van der Waals surface area contributed by atoms with E-state index in [1.54, 1.807) is 12.1 Å². The van der Waals surface area contributed by atoms with Crippen molar-refractivity contribution in [2.45, 2.75) is 25.4 Å². The van der Waals surface area contributed by atoms with Gasteiger partial charge in [-0.15, -0.1) is 0 Å². The Labute approximate surface area is 143 Å². The number of carbonyl (C=O) groups excluding carboxylic acids is 1. The van der Waals surface area contributed by atoms with E-state index in [0.29, 0.717) is 11.2 Å². The van der Waals surface area contributed by atoms with Crippen LogP contribution in [0.15, 0.2) is 36.5 Å². The van der Waals surface area contributed by atoms with Crippen molar-refractivity contribution in [3.05, 3.63) is 53.6 Å². The van der Waals surface area contributed by atoms with Crippen molar-refractivity contribution in [1.29, 1.82) is 0 Å². The minimum absolute atomic E-state index is 0.0559. The van der Waals surface area contributed by atoms with Crippen molar-refractivity contribution in [2.75, 3.05) is 19.6 Å². The first kappa shape index (κ1) is 17.5. The summed E-state index contributed by atoms with van der Waals surface area (Å²) in [5.41, 5.74) is 0.848. The number of nitrogens with zero attached hydrogens (tertiary/aromatic N) is 3. The molecular weight excluding hydrogens is 333 g/mol. The molecular formula is C17H19F3N4O. The molecule has 1 N–H and O–H groups in total. The van der Waals surface area contributed by atoms with Crippen molar-refractivity contribution in [3.63, 3.8) is 0 Å². The van der Waals surface area contributed by atoms with Crippen LogP contribution < -0.4 is 5.32 Å². The van der Waals surface area contributed by atoms with Gasteiger partial charge in [0.1, 0.15) is 11.5 Å². The van der Waals surface area contributed by atoms with Crippen LogP contribution in [-0.2, 0) is 0 Å². The molecule has 1 amide bonds. The van der Waals surface area contributed by atoms with E-state index >= 15 is 0 Å². The molecule has 0 spiro atoms. The third kappa shape index (κ3) is 4.19. The predicted octanol–water partition coefficient (Wildman–Crippen LogP) is 2.98. The highest BCUT2D eigenvalue weighted by Gasteiger charge is 2.24. The average molecular weight is 352 g/mol. The summed E-state index contributed by atoms with van der Waals surface area (Å²) < 4.78 is 38.7. The van der Waals surface area contributed by atoms with Gasteiger partial charge in [-0.2, -0.15) is 13.9 Å². The Balaban J connectivity index is 1.69. The standard InChI is InChI=1S/C17H19F3N4O/c18-13-5-3-12(4-6-13)15(23-8-1-2-9-23)11-21-16(25)14-7-10-24(22-14)17(19)20/h3-7,10,15,17H,1-2,8-9,11H2,(H,21,25).